The second-order valence-corrected chi connectivity index (χ2v) is 3.38. The first-order valence-corrected chi connectivity index (χ1v) is 5.11. The lowest BCUT2D eigenvalue weighted by Gasteiger charge is -2.03. The Morgan fingerprint density at radius 1 is 1.12 bits per heavy atom. The Bertz CT molecular complexity index is 622. The second kappa shape index (κ2) is 4.17. The topological polar surface area (TPSA) is 65.2 Å². The summed E-state index contributed by atoms with van der Waals surface area (Å²) in [6.45, 7) is 0.331. The molecule has 0 radical (unpaired) electrons. The van der Waals surface area contributed by atoms with E-state index in [1.165, 1.54) is 0 Å². The molecule has 0 bridgehead atoms. The van der Waals surface area contributed by atoms with Crippen molar-refractivity contribution < 1.29 is 4.74 Å². The second-order valence-electron chi connectivity index (χ2n) is 3.38. The normalized spacial score (nSPS) is 10.6. The molecule has 0 aliphatic carbocycles. The molecule has 6 heteroatoms. The van der Waals surface area contributed by atoms with Crippen LogP contribution in [0, 0.1) is 0 Å². The predicted molar refractivity (Wildman–Crippen MR) is 59.4 cm³/mol. The molecular weight excluding hydrogens is 218 g/mol. The van der Waals surface area contributed by atoms with Crippen LogP contribution in [0.5, 0.6) is 5.88 Å². The standard InChI is InChI=1S/C11H9N5O/c1-2-4-12-10(3-1)17-8-9-7-14-11-13-5-6-16(11)15-9/h1-7H,8H2. The molecule has 0 fully saturated rings. The third kappa shape index (κ3) is 2.05. The van der Waals surface area contributed by atoms with E-state index in [2.05, 4.69) is 20.1 Å². The number of hydrogen-bond acceptors (Lipinski definition) is 5. The Balaban J connectivity index is 1.76. The SMILES string of the molecule is c1ccc(OCc2cnc3nccn3n2)nc1. The maximum Gasteiger partial charge on any atom is 0.250 e. The van der Waals surface area contributed by atoms with Gasteiger partial charge in [0, 0.05) is 18.5 Å². The van der Waals surface area contributed by atoms with Crippen LogP contribution in [0.2, 0.25) is 0 Å². The van der Waals surface area contributed by atoms with Crippen LogP contribution in [0.4, 0.5) is 0 Å². The van der Waals surface area contributed by atoms with Crippen LogP contribution in [0.25, 0.3) is 5.78 Å². The molecular formula is C11H9N5O. The Morgan fingerprint density at radius 2 is 2.12 bits per heavy atom. The molecule has 3 heterocycles. The van der Waals surface area contributed by atoms with Crippen molar-refractivity contribution in [2.45, 2.75) is 6.61 Å². The fourth-order valence-corrected chi connectivity index (χ4v) is 1.40. The molecule has 0 N–H and O–H groups in total. The van der Waals surface area contributed by atoms with Gasteiger partial charge in [0.05, 0.1) is 12.4 Å². The van der Waals surface area contributed by atoms with Gasteiger partial charge in [-0.2, -0.15) is 5.10 Å². The number of nitrogens with zero attached hydrogens (tertiary/aromatic N) is 5. The van der Waals surface area contributed by atoms with Crippen LogP contribution in [0.15, 0.2) is 43.0 Å². The summed E-state index contributed by atoms with van der Waals surface area (Å²) < 4.78 is 7.08. The number of ether oxygens (including phenoxy) is 1. The summed E-state index contributed by atoms with van der Waals surface area (Å²) in [6, 6.07) is 5.50. The highest BCUT2D eigenvalue weighted by Gasteiger charge is 2.01. The van der Waals surface area contributed by atoms with E-state index < -0.39 is 0 Å². The monoisotopic (exact) mass is 227 g/mol. The summed E-state index contributed by atoms with van der Waals surface area (Å²) in [6.07, 6.45) is 6.72. The number of aromatic nitrogens is 5. The molecule has 17 heavy (non-hydrogen) atoms. The number of hydrogen-bond donors (Lipinski definition) is 0. The van der Waals surface area contributed by atoms with Gasteiger partial charge in [-0.3, -0.25) is 0 Å². The Labute approximate surface area is 96.9 Å². The van der Waals surface area contributed by atoms with Crippen LogP contribution in [0.1, 0.15) is 5.69 Å². The van der Waals surface area contributed by atoms with E-state index in [1.807, 2.05) is 12.1 Å². The van der Waals surface area contributed by atoms with Crippen molar-refractivity contribution in [3.63, 3.8) is 0 Å². The third-order valence-corrected chi connectivity index (χ3v) is 2.17. The fraction of sp³-hybridized carbons (Fsp3) is 0.0909. The van der Waals surface area contributed by atoms with Gasteiger partial charge in [-0.25, -0.2) is 19.5 Å². The van der Waals surface area contributed by atoms with Crippen molar-refractivity contribution in [3.05, 3.63) is 48.7 Å². The lowest BCUT2D eigenvalue weighted by Crippen LogP contribution is -2.04. The summed E-state index contributed by atoms with van der Waals surface area (Å²) >= 11 is 0. The number of imidazole rings is 1. The molecule has 0 aliphatic rings. The Kier molecular flexibility index (Phi) is 2.38. The van der Waals surface area contributed by atoms with Gasteiger partial charge in [0.15, 0.2) is 0 Å². The molecule has 3 rings (SSSR count). The molecule has 0 saturated carbocycles. The maximum atomic E-state index is 5.47. The van der Waals surface area contributed by atoms with Crippen molar-refractivity contribution in [2.75, 3.05) is 0 Å². The van der Waals surface area contributed by atoms with E-state index in [0.717, 1.165) is 5.69 Å². The fourth-order valence-electron chi connectivity index (χ4n) is 1.40. The van der Waals surface area contributed by atoms with E-state index in [9.17, 15) is 0 Å². The van der Waals surface area contributed by atoms with Crippen LogP contribution in [0.3, 0.4) is 0 Å². The average Bonchev–Trinajstić information content (AvgIpc) is 2.85. The first-order chi connectivity index (χ1) is 8.42. The van der Waals surface area contributed by atoms with E-state index >= 15 is 0 Å². The van der Waals surface area contributed by atoms with Gasteiger partial charge in [0.1, 0.15) is 12.3 Å². The summed E-state index contributed by atoms with van der Waals surface area (Å²) in [4.78, 5) is 12.2. The minimum absolute atomic E-state index is 0.331. The molecule has 0 amide bonds. The Hall–Kier alpha value is -2.50. The van der Waals surface area contributed by atoms with Crippen molar-refractivity contribution in [3.8, 4) is 5.88 Å². The molecule has 84 valence electrons. The molecule has 0 atom stereocenters. The van der Waals surface area contributed by atoms with Crippen molar-refractivity contribution in [1.29, 1.82) is 0 Å². The molecule has 0 saturated heterocycles. The molecule has 0 aliphatic heterocycles. The van der Waals surface area contributed by atoms with Crippen LogP contribution < -0.4 is 4.74 Å². The lowest BCUT2D eigenvalue weighted by molar-refractivity contribution is 0.287. The zero-order chi connectivity index (χ0) is 11.5. The van der Waals surface area contributed by atoms with Gasteiger partial charge in [0.25, 0.3) is 5.78 Å². The highest BCUT2D eigenvalue weighted by Crippen LogP contribution is 2.06. The summed E-state index contributed by atoms with van der Waals surface area (Å²) in [5.74, 6) is 1.15. The highest BCUT2D eigenvalue weighted by atomic mass is 16.5. The summed E-state index contributed by atoms with van der Waals surface area (Å²) in [5, 5.41) is 4.29. The first kappa shape index (κ1) is 9.71. The molecule has 0 aromatic carbocycles. The number of fused-ring (bicyclic) bond motifs is 1. The lowest BCUT2D eigenvalue weighted by atomic mass is 10.5. The predicted octanol–water partition coefficient (Wildman–Crippen LogP) is 1.10. The van der Waals surface area contributed by atoms with Gasteiger partial charge in [-0.1, -0.05) is 6.07 Å². The van der Waals surface area contributed by atoms with Crippen LogP contribution in [-0.2, 0) is 6.61 Å². The van der Waals surface area contributed by atoms with E-state index in [-0.39, 0.29) is 0 Å². The van der Waals surface area contributed by atoms with Gasteiger partial charge in [-0.05, 0) is 6.07 Å². The average molecular weight is 227 g/mol. The molecule has 0 spiro atoms. The van der Waals surface area contributed by atoms with Crippen molar-refractivity contribution in [2.24, 2.45) is 0 Å². The molecule has 3 aromatic rings. The van der Waals surface area contributed by atoms with Crippen molar-refractivity contribution >= 4 is 5.78 Å². The van der Waals surface area contributed by atoms with Crippen LogP contribution in [-0.4, -0.2) is 24.6 Å². The van der Waals surface area contributed by atoms with E-state index in [0.29, 0.717) is 18.3 Å². The van der Waals surface area contributed by atoms with Crippen molar-refractivity contribution in [1.82, 2.24) is 24.6 Å². The molecule has 0 unspecified atom stereocenters. The minimum Gasteiger partial charge on any atom is -0.471 e. The third-order valence-electron chi connectivity index (χ3n) is 2.17. The molecule has 6 nitrogen and oxygen atoms in total. The minimum atomic E-state index is 0.331. The quantitative estimate of drug-likeness (QED) is 0.670. The largest absolute Gasteiger partial charge is 0.471 e. The van der Waals surface area contributed by atoms with Gasteiger partial charge in [-0.15, -0.1) is 0 Å². The number of rotatable bonds is 3. The zero-order valence-electron chi connectivity index (χ0n) is 8.89. The Morgan fingerprint density at radius 3 is 3.00 bits per heavy atom. The van der Waals surface area contributed by atoms with Gasteiger partial charge < -0.3 is 4.74 Å². The number of pyridine rings is 1. The van der Waals surface area contributed by atoms with E-state index in [4.69, 9.17) is 4.74 Å². The van der Waals surface area contributed by atoms with Gasteiger partial charge in [0.2, 0.25) is 5.88 Å². The molecule has 3 aromatic heterocycles. The highest BCUT2D eigenvalue weighted by molar-refractivity contribution is 5.24. The van der Waals surface area contributed by atoms with Crippen LogP contribution >= 0.6 is 0 Å². The summed E-state index contributed by atoms with van der Waals surface area (Å²) in [7, 11) is 0. The van der Waals surface area contributed by atoms with E-state index in [1.54, 1.807) is 35.4 Å². The smallest absolute Gasteiger partial charge is 0.250 e. The summed E-state index contributed by atoms with van der Waals surface area (Å²) in [5.41, 5.74) is 0.723. The zero-order valence-corrected chi connectivity index (χ0v) is 8.89. The first-order valence-electron chi connectivity index (χ1n) is 5.11. The van der Waals surface area contributed by atoms with Gasteiger partial charge >= 0.3 is 0 Å². The maximum absolute atomic E-state index is 5.47.